The van der Waals surface area contributed by atoms with E-state index in [1.807, 2.05) is 30.9 Å². The van der Waals surface area contributed by atoms with Crippen molar-refractivity contribution in [3.8, 4) is 0 Å². The van der Waals surface area contributed by atoms with Gasteiger partial charge < -0.3 is 4.57 Å². The molecule has 0 N–H and O–H groups in total. The third-order valence-corrected chi connectivity index (χ3v) is 4.55. The number of benzene rings is 1. The van der Waals surface area contributed by atoms with Gasteiger partial charge in [-0.3, -0.25) is 0 Å². The number of unbranched alkanes of at least 4 members (excludes halogenated alkanes) is 1. The summed E-state index contributed by atoms with van der Waals surface area (Å²) < 4.78 is 2.12. The van der Waals surface area contributed by atoms with Crippen LogP contribution in [-0.2, 0) is 13.0 Å². The first-order valence-electron chi connectivity index (χ1n) is 7.53. The lowest BCUT2D eigenvalue weighted by Gasteiger charge is -2.23. The number of rotatable bonds is 8. The molecular formula is C17H22Cl2N2. The number of hydrogen-bond acceptors (Lipinski definition) is 1. The maximum atomic E-state index is 6.71. The molecule has 2 aromatic rings. The average molecular weight is 325 g/mol. The van der Waals surface area contributed by atoms with E-state index in [9.17, 15) is 0 Å². The first-order valence-corrected chi connectivity index (χ1v) is 8.34. The first kappa shape index (κ1) is 16.4. The maximum absolute atomic E-state index is 6.71. The summed E-state index contributed by atoms with van der Waals surface area (Å²) in [6, 6.07) is 7.98. The molecular weight excluding hydrogens is 303 g/mol. The van der Waals surface area contributed by atoms with Gasteiger partial charge in [0.2, 0.25) is 0 Å². The highest BCUT2D eigenvalue weighted by Crippen LogP contribution is 2.24. The molecule has 0 aliphatic carbocycles. The SMILES string of the molecule is CCCCC(Cn1ccnc1)C(Cl)Cc1ccc(Cl)cc1. The lowest BCUT2D eigenvalue weighted by atomic mass is 9.93. The van der Waals surface area contributed by atoms with Crippen LogP contribution in [-0.4, -0.2) is 14.9 Å². The van der Waals surface area contributed by atoms with E-state index in [1.54, 1.807) is 0 Å². The van der Waals surface area contributed by atoms with Crippen molar-refractivity contribution in [3.05, 3.63) is 53.6 Å². The molecule has 0 saturated heterocycles. The van der Waals surface area contributed by atoms with Gasteiger partial charge in [0.05, 0.1) is 6.33 Å². The highest BCUT2D eigenvalue weighted by atomic mass is 35.5. The van der Waals surface area contributed by atoms with E-state index in [1.165, 1.54) is 18.4 Å². The Morgan fingerprint density at radius 2 is 2.00 bits per heavy atom. The Kier molecular flexibility index (Phi) is 6.59. The highest BCUT2D eigenvalue weighted by molar-refractivity contribution is 6.30. The zero-order chi connectivity index (χ0) is 15.1. The second-order valence-electron chi connectivity index (χ2n) is 5.51. The Balaban J connectivity index is 1.98. The summed E-state index contributed by atoms with van der Waals surface area (Å²) in [5, 5.41) is 0.894. The van der Waals surface area contributed by atoms with Gasteiger partial charge in [0.1, 0.15) is 0 Å². The fourth-order valence-electron chi connectivity index (χ4n) is 2.53. The van der Waals surface area contributed by atoms with Crippen molar-refractivity contribution in [2.45, 2.75) is 44.5 Å². The molecule has 114 valence electrons. The summed E-state index contributed by atoms with van der Waals surface area (Å²) in [6.07, 6.45) is 10.1. The van der Waals surface area contributed by atoms with Crippen molar-refractivity contribution in [3.63, 3.8) is 0 Å². The van der Waals surface area contributed by atoms with Crippen molar-refractivity contribution in [2.75, 3.05) is 0 Å². The van der Waals surface area contributed by atoms with E-state index in [0.717, 1.165) is 24.4 Å². The Morgan fingerprint density at radius 3 is 2.62 bits per heavy atom. The largest absolute Gasteiger partial charge is 0.337 e. The van der Waals surface area contributed by atoms with Gasteiger partial charge in [-0.15, -0.1) is 11.6 Å². The van der Waals surface area contributed by atoms with E-state index < -0.39 is 0 Å². The summed E-state index contributed by atoms with van der Waals surface area (Å²) in [6.45, 7) is 3.15. The number of hydrogen-bond donors (Lipinski definition) is 0. The molecule has 2 unspecified atom stereocenters. The zero-order valence-corrected chi connectivity index (χ0v) is 13.9. The molecule has 0 fully saturated rings. The van der Waals surface area contributed by atoms with E-state index >= 15 is 0 Å². The van der Waals surface area contributed by atoms with Crippen LogP contribution in [0.4, 0.5) is 0 Å². The maximum Gasteiger partial charge on any atom is 0.0946 e. The summed E-state index contributed by atoms with van der Waals surface area (Å²) in [7, 11) is 0. The summed E-state index contributed by atoms with van der Waals surface area (Å²) in [4.78, 5) is 4.11. The molecule has 1 heterocycles. The zero-order valence-electron chi connectivity index (χ0n) is 12.4. The topological polar surface area (TPSA) is 17.8 Å². The van der Waals surface area contributed by atoms with Crippen LogP contribution < -0.4 is 0 Å². The quantitative estimate of drug-likeness (QED) is 0.611. The van der Waals surface area contributed by atoms with Gasteiger partial charge in [0.15, 0.2) is 0 Å². The normalized spacial score (nSPS) is 14.0. The Morgan fingerprint density at radius 1 is 1.24 bits per heavy atom. The van der Waals surface area contributed by atoms with Crippen LogP contribution >= 0.6 is 23.2 Å². The standard InChI is InChI=1S/C17H22Cl2N2/c1-2-3-4-15(12-21-10-9-20-13-21)17(19)11-14-5-7-16(18)8-6-14/h5-10,13,15,17H,2-4,11-12H2,1H3. The molecule has 4 heteroatoms. The van der Waals surface area contributed by atoms with Crippen LogP contribution in [0, 0.1) is 5.92 Å². The molecule has 0 saturated carbocycles. The van der Waals surface area contributed by atoms with E-state index in [-0.39, 0.29) is 5.38 Å². The monoisotopic (exact) mass is 324 g/mol. The minimum atomic E-state index is 0.125. The first-order chi connectivity index (χ1) is 10.2. The molecule has 0 bridgehead atoms. The van der Waals surface area contributed by atoms with E-state index in [0.29, 0.717) is 5.92 Å². The van der Waals surface area contributed by atoms with Crippen molar-refractivity contribution < 1.29 is 0 Å². The van der Waals surface area contributed by atoms with Crippen LogP contribution in [0.3, 0.4) is 0 Å². The molecule has 2 rings (SSSR count). The van der Waals surface area contributed by atoms with Gasteiger partial charge in [0.25, 0.3) is 0 Å². The predicted molar refractivity (Wildman–Crippen MR) is 90.0 cm³/mol. The average Bonchev–Trinajstić information content (AvgIpc) is 2.98. The van der Waals surface area contributed by atoms with Crippen molar-refractivity contribution in [1.29, 1.82) is 0 Å². The molecule has 0 aliphatic heterocycles. The highest BCUT2D eigenvalue weighted by Gasteiger charge is 2.20. The number of halogens is 2. The summed E-state index contributed by atoms with van der Waals surface area (Å²) >= 11 is 12.6. The Labute approximate surface area is 137 Å². The van der Waals surface area contributed by atoms with Crippen LogP contribution in [0.15, 0.2) is 43.0 Å². The second-order valence-corrected chi connectivity index (χ2v) is 6.51. The molecule has 2 atom stereocenters. The van der Waals surface area contributed by atoms with Crippen molar-refractivity contribution in [2.24, 2.45) is 5.92 Å². The third kappa shape index (κ3) is 5.37. The molecule has 2 nitrogen and oxygen atoms in total. The predicted octanol–water partition coefficient (Wildman–Crippen LogP) is 5.19. The molecule has 0 spiro atoms. The fourth-order valence-corrected chi connectivity index (χ4v) is 3.04. The number of alkyl halides is 1. The number of aromatic nitrogens is 2. The van der Waals surface area contributed by atoms with Gasteiger partial charge in [-0.2, -0.15) is 0 Å². The molecule has 1 aromatic heterocycles. The minimum Gasteiger partial charge on any atom is -0.337 e. The minimum absolute atomic E-state index is 0.125. The molecule has 0 aliphatic rings. The third-order valence-electron chi connectivity index (χ3n) is 3.79. The van der Waals surface area contributed by atoms with Crippen LogP contribution in [0.2, 0.25) is 5.02 Å². The van der Waals surface area contributed by atoms with Crippen molar-refractivity contribution >= 4 is 23.2 Å². The van der Waals surface area contributed by atoms with E-state index in [2.05, 4.69) is 28.6 Å². The van der Waals surface area contributed by atoms with Gasteiger partial charge in [-0.25, -0.2) is 4.98 Å². The van der Waals surface area contributed by atoms with Gasteiger partial charge in [-0.1, -0.05) is 43.5 Å². The fraction of sp³-hybridized carbons (Fsp3) is 0.471. The summed E-state index contributed by atoms with van der Waals surface area (Å²) in [5.41, 5.74) is 1.24. The molecule has 1 aromatic carbocycles. The number of imidazole rings is 1. The van der Waals surface area contributed by atoms with Gasteiger partial charge >= 0.3 is 0 Å². The molecule has 21 heavy (non-hydrogen) atoms. The van der Waals surface area contributed by atoms with Crippen molar-refractivity contribution in [1.82, 2.24) is 9.55 Å². The molecule has 0 radical (unpaired) electrons. The van der Waals surface area contributed by atoms with Crippen LogP contribution in [0.1, 0.15) is 31.7 Å². The van der Waals surface area contributed by atoms with Gasteiger partial charge in [-0.05, 0) is 36.5 Å². The lowest BCUT2D eigenvalue weighted by molar-refractivity contribution is 0.383. The Hall–Kier alpha value is -0.990. The number of nitrogens with zero attached hydrogens (tertiary/aromatic N) is 2. The Bertz CT molecular complexity index is 508. The molecule has 0 amide bonds. The van der Waals surface area contributed by atoms with Gasteiger partial charge in [0, 0.05) is 29.3 Å². The lowest BCUT2D eigenvalue weighted by Crippen LogP contribution is -2.22. The van der Waals surface area contributed by atoms with Crippen LogP contribution in [0.25, 0.3) is 0 Å². The van der Waals surface area contributed by atoms with Crippen LogP contribution in [0.5, 0.6) is 0 Å². The smallest absolute Gasteiger partial charge is 0.0946 e. The summed E-state index contributed by atoms with van der Waals surface area (Å²) in [5.74, 6) is 0.455. The second kappa shape index (κ2) is 8.45. The van der Waals surface area contributed by atoms with E-state index in [4.69, 9.17) is 23.2 Å².